The summed E-state index contributed by atoms with van der Waals surface area (Å²) in [6.45, 7) is 2.41. The highest BCUT2D eigenvalue weighted by Gasteiger charge is 2.24. The van der Waals surface area contributed by atoms with Gasteiger partial charge < -0.3 is 30.0 Å². The molecular weight excluding hydrogens is 376 g/mol. The fourth-order valence-electron chi connectivity index (χ4n) is 2.91. The number of benzene rings is 2. The monoisotopic (exact) mass is 400 g/mol. The maximum atomic E-state index is 12.1. The molecule has 3 rings (SSSR count). The summed E-state index contributed by atoms with van der Waals surface area (Å²) in [6, 6.07) is 12.2. The number of ether oxygens (including phenoxy) is 3. The SMILES string of the molecule is COc1ccc(CC(C)(O)CNC(=O)C(=O)Nc2ccc3c(c2)OCCO3)cc1. The highest BCUT2D eigenvalue weighted by molar-refractivity contribution is 6.39. The van der Waals surface area contributed by atoms with Crippen LogP contribution in [0.3, 0.4) is 0 Å². The van der Waals surface area contributed by atoms with Crippen LogP contribution in [-0.2, 0) is 16.0 Å². The Hall–Kier alpha value is -3.26. The molecule has 1 aliphatic rings. The first-order valence-electron chi connectivity index (χ1n) is 9.20. The van der Waals surface area contributed by atoms with E-state index in [0.29, 0.717) is 36.8 Å². The van der Waals surface area contributed by atoms with Crippen molar-refractivity contribution in [1.29, 1.82) is 0 Å². The van der Waals surface area contributed by atoms with Crippen LogP contribution in [0.25, 0.3) is 0 Å². The summed E-state index contributed by atoms with van der Waals surface area (Å²) in [4.78, 5) is 24.2. The third-order valence-corrected chi connectivity index (χ3v) is 4.38. The molecule has 0 fully saturated rings. The Bertz CT molecular complexity index is 879. The predicted molar refractivity (Wildman–Crippen MR) is 106 cm³/mol. The van der Waals surface area contributed by atoms with Gasteiger partial charge in [-0.2, -0.15) is 0 Å². The predicted octanol–water partition coefficient (Wildman–Crippen LogP) is 1.51. The average Bonchev–Trinajstić information content (AvgIpc) is 2.72. The second kappa shape index (κ2) is 8.83. The third kappa shape index (κ3) is 5.61. The van der Waals surface area contributed by atoms with Crippen LogP contribution in [0.2, 0.25) is 0 Å². The van der Waals surface area contributed by atoms with E-state index in [2.05, 4.69) is 10.6 Å². The standard InChI is InChI=1S/C21H24N2O6/c1-21(26,12-14-3-6-16(27-2)7-4-14)13-22-19(24)20(25)23-15-5-8-17-18(11-15)29-10-9-28-17/h3-8,11,26H,9-10,12-13H2,1-2H3,(H,22,24)(H,23,25). The number of methoxy groups -OCH3 is 1. The first kappa shape index (κ1) is 20.5. The fourth-order valence-corrected chi connectivity index (χ4v) is 2.91. The largest absolute Gasteiger partial charge is 0.497 e. The van der Waals surface area contributed by atoms with Crippen LogP contribution >= 0.6 is 0 Å². The van der Waals surface area contributed by atoms with Crippen molar-refractivity contribution in [3.05, 3.63) is 48.0 Å². The van der Waals surface area contributed by atoms with Gasteiger partial charge in [-0.3, -0.25) is 9.59 Å². The van der Waals surface area contributed by atoms with Gasteiger partial charge in [0.05, 0.1) is 12.7 Å². The first-order chi connectivity index (χ1) is 13.9. The Morgan fingerprint density at radius 1 is 1.07 bits per heavy atom. The molecule has 29 heavy (non-hydrogen) atoms. The van der Waals surface area contributed by atoms with Crippen molar-refractivity contribution >= 4 is 17.5 Å². The van der Waals surface area contributed by atoms with Crippen molar-refractivity contribution in [3.8, 4) is 17.2 Å². The molecule has 8 nitrogen and oxygen atoms in total. The van der Waals surface area contributed by atoms with Gasteiger partial charge in [-0.25, -0.2) is 0 Å². The van der Waals surface area contributed by atoms with Crippen LogP contribution in [0, 0.1) is 0 Å². The molecule has 8 heteroatoms. The summed E-state index contributed by atoms with van der Waals surface area (Å²) in [6.07, 6.45) is 0.307. The number of aliphatic hydroxyl groups is 1. The van der Waals surface area contributed by atoms with E-state index in [4.69, 9.17) is 14.2 Å². The van der Waals surface area contributed by atoms with Gasteiger partial charge in [-0.05, 0) is 36.8 Å². The lowest BCUT2D eigenvalue weighted by Crippen LogP contribution is -2.45. The van der Waals surface area contributed by atoms with Gasteiger partial charge >= 0.3 is 11.8 Å². The summed E-state index contributed by atoms with van der Waals surface area (Å²) < 4.78 is 16.0. The smallest absolute Gasteiger partial charge is 0.313 e. The van der Waals surface area contributed by atoms with Gasteiger partial charge in [0.25, 0.3) is 0 Å². The molecule has 3 N–H and O–H groups in total. The summed E-state index contributed by atoms with van der Waals surface area (Å²) in [5.41, 5.74) is 0.0757. The molecular formula is C21H24N2O6. The van der Waals surface area contributed by atoms with Crippen molar-refractivity contribution in [2.75, 3.05) is 32.2 Å². The van der Waals surface area contributed by atoms with Crippen LogP contribution in [0.1, 0.15) is 12.5 Å². The molecule has 0 aromatic heterocycles. The average molecular weight is 400 g/mol. The van der Waals surface area contributed by atoms with Crippen molar-refractivity contribution in [1.82, 2.24) is 5.32 Å². The topological polar surface area (TPSA) is 106 Å². The van der Waals surface area contributed by atoms with Crippen LogP contribution < -0.4 is 24.8 Å². The minimum atomic E-state index is -1.22. The minimum absolute atomic E-state index is 0.0770. The molecule has 0 bridgehead atoms. The number of hydrogen-bond donors (Lipinski definition) is 3. The molecule has 2 aromatic rings. The Morgan fingerprint density at radius 3 is 2.45 bits per heavy atom. The van der Waals surface area contributed by atoms with Crippen LogP contribution in [0.5, 0.6) is 17.2 Å². The first-order valence-corrected chi connectivity index (χ1v) is 9.20. The van der Waals surface area contributed by atoms with E-state index in [1.165, 1.54) is 0 Å². The molecule has 2 aromatic carbocycles. The summed E-state index contributed by atoms with van der Waals surface area (Å²) in [7, 11) is 1.58. The van der Waals surface area contributed by atoms with Crippen molar-refractivity contribution in [3.63, 3.8) is 0 Å². The van der Waals surface area contributed by atoms with Crippen LogP contribution in [0.15, 0.2) is 42.5 Å². The number of amides is 2. The number of anilines is 1. The maximum absolute atomic E-state index is 12.1. The second-order valence-electron chi connectivity index (χ2n) is 7.02. The molecule has 1 heterocycles. The van der Waals surface area contributed by atoms with Crippen LogP contribution in [-0.4, -0.2) is 49.4 Å². The number of rotatable bonds is 6. The molecule has 154 valence electrons. The van der Waals surface area contributed by atoms with Gasteiger partial charge in [0.2, 0.25) is 0 Å². The lowest BCUT2D eigenvalue weighted by molar-refractivity contribution is -0.136. The molecule has 1 atom stereocenters. The van der Waals surface area contributed by atoms with E-state index in [1.54, 1.807) is 44.4 Å². The zero-order chi connectivity index (χ0) is 20.9. The van der Waals surface area contributed by atoms with Gasteiger partial charge in [0.1, 0.15) is 19.0 Å². The van der Waals surface area contributed by atoms with Crippen molar-refractivity contribution < 1.29 is 28.9 Å². The molecule has 0 spiro atoms. The number of nitrogens with one attached hydrogen (secondary N) is 2. The normalized spacial score (nSPS) is 14.4. The number of fused-ring (bicyclic) bond motifs is 1. The molecule has 2 amide bonds. The van der Waals surface area contributed by atoms with Gasteiger partial charge in [0, 0.05) is 24.7 Å². The summed E-state index contributed by atoms with van der Waals surface area (Å²) >= 11 is 0. The summed E-state index contributed by atoms with van der Waals surface area (Å²) in [5, 5.41) is 15.5. The van der Waals surface area contributed by atoms with E-state index in [9.17, 15) is 14.7 Å². The fraction of sp³-hybridized carbons (Fsp3) is 0.333. The second-order valence-corrected chi connectivity index (χ2v) is 7.02. The summed E-state index contributed by atoms with van der Waals surface area (Å²) in [5.74, 6) is 0.152. The third-order valence-electron chi connectivity index (χ3n) is 4.38. The zero-order valence-corrected chi connectivity index (χ0v) is 16.4. The Balaban J connectivity index is 1.51. The lowest BCUT2D eigenvalue weighted by Gasteiger charge is -2.24. The quantitative estimate of drug-likeness (QED) is 0.635. The van der Waals surface area contributed by atoms with Gasteiger partial charge in [-0.1, -0.05) is 12.1 Å². The van der Waals surface area contributed by atoms with E-state index in [1.807, 2.05) is 12.1 Å². The van der Waals surface area contributed by atoms with Gasteiger partial charge in [-0.15, -0.1) is 0 Å². The Morgan fingerprint density at radius 2 is 1.76 bits per heavy atom. The Labute approximate surface area is 168 Å². The number of hydrogen-bond acceptors (Lipinski definition) is 6. The molecule has 0 saturated carbocycles. The highest BCUT2D eigenvalue weighted by Crippen LogP contribution is 2.32. The molecule has 1 aliphatic heterocycles. The maximum Gasteiger partial charge on any atom is 0.313 e. The van der Waals surface area contributed by atoms with Gasteiger partial charge in [0.15, 0.2) is 11.5 Å². The van der Waals surface area contributed by atoms with Crippen LogP contribution in [0.4, 0.5) is 5.69 Å². The van der Waals surface area contributed by atoms with E-state index in [-0.39, 0.29) is 6.54 Å². The molecule has 0 radical (unpaired) electrons. The highest BCUT2D eigenvalue weighted by atomic mass is 16.6. The van der Waals surface area contributed by atoms with Crippen molar-refractivity contribution in [2.24, 2.45) is 0 Å². The number of carbonyl (C=O) groups excluding carboxylic acids is 2. The lowest BCUT2D eigenvalue weighted by atomic mass is 9.96. The van der Waals surface area contributed by atoms with E-state index >= 15 is 0 Å². The molecule has 1 unspecified atom stereocenters. The van der Waals surface area contributed by atoms with E-state index in [0.717, 1.165) is 11.3 Å². The molecule has 0 aliphatic carbocycles. The minimum Gasteiger partial charge on any atom is -0.497 e. The van der Waals surface area contributed by atoms with Crippen molar-refractivity contribution in [2.45, 2.75) is 18.9 Å². The Kier molecular flexibility index (Phi) is 6.23. The number of carbonyl (C=O) groups is 2. The molecule has 0 saturated heterocycles. The zero-order valence-electron chi connectivity index (χ0n) is 16.4. The van der Waals surface area contributed by atoms with E-state index < -0.39 is 17.4 Å².